The highest BCUT2D eigenvalue weighted by Crippen LogP contribution is 2.20. The average Bonchev–Trinajstić information content (AvgIpc) is 2.81. The zero-order valence-corrected chi connectivity index (χ0v) is 19.8. The molecule has 3 aromatic rings. The Labute approximate surface area is 198 Å². The van der Waals surface area contributed by atoms with Crippen LogP contribution in [-0.4, -0.2) is 49.4 Å². The maximum atomic E-state index is 12.6. The van der Waals surface area contributed by atoms with E-state index in [0.717, 1.165) is 11.8 Å². The molecule has 34 heavy (non-hydrogen) atoms. The molecule has 0 atom stereocenters. The van der Waals surface area contributed by atoms with Crippen molar-refractivity contribution in [2.45, 2.75) is 30.8 Å². The number of pyridine rings is 1. The van der Waals surface area contributed by atoms with E-state index in [2.05, 4.69) is 0 Å². The highest BCUT2D eigenvalue weighted by Gasteiger charge is 2.25. The monoisotopic (exact) mass is 482 g/mol. The molecule has 1 aliphatic rings. The summed E-state index contributed by atoms with van der Waals surface area (Å²) in [5, 5.41) is 0. The van der Waals surface area contributed by atoms with Crippen LogP contribution in [-0.2, 0) is 9.84 Å². The lowest BCUT2D eigenvalue weighted by molar-refractivity contribution is 0.0929. The van der Waals surface area contributed by atoms with E-state index >= 15 is 0 Å². The van der Waals surface area contributed by atoms with Crippen molar-refractivity contribution in [3.8, 4) is 17.2 Å². The summed E-state index contributed by atoms with van der Waals surface area (Å²) in [6, 6.07) is 16.5. The molecule has 1 fully saturated rings. The first kappa shape index (κ1) is 23.6. The van der Waals surface area contributed by atoms with Crippen LogP contribution in [0, 0.1) is 6.92 Å². The number of aryl methyl sites for hydroxylation is 1. The Morgan fingerprint density at radius 2 is 1.59 bits per heavy atom. The molecule has 0 spiro atoms. The molecule has 9 heteroatoms. The van der Waals surface area contributed by atoms with Crippen LogP contribution in [0.1, 0.15) is 18.4 Å². The number of ether oxygens (including phenoxy) is 2. The number of sulfone groups is 1. The van der Waals surface area contributed by atoms with Gasteiger partial charge in [0, 0.05) is 50.1 Å². The Morgan fingerprint density at radius 1 is 0.941 bits per heavy atom. The molecule has 2 aromatic carbocycles. The maximum Gasteiger partial charge on any atom is 0.415 e. The molecule has 0 N–H and O–H groups in total. The first-order valence-electron chi connectivity index (χ1n) is 10.9. The van der Waals surface area contributed by atoms with Gasteiger partial charge in [-0.05, 0) is 49.4 Å². The SMILES string of the molecule is Cc1ccc(OC(=O)N2CCC(Oc3ccn(-c4ccc(S(C)(=O)=O)cc4)c(=O)c3)CC2)cc1. The van der Waals surface area contributed by atoms with Gasteiger partial charge in [0.15, 0.2) is 9.84 Å². The van der Waals surface area contributed by atoms with E-state index in [0.29, 0.717) is 43.1 Å². The van der Waals surface area contributed by atoms with Crippen molar-refractivity contribution in [1.82, 2.24) is 9.47 Å². The second-order valence-corrected chi connectivity index (χ2v) is 10.3. The highest BCUT2D eigenvalue weighted by molar-refractivity contribution is 7.90. The fraction of sp³-hybridized carbons (Fsp3) is 0.280. The molecule has 0 bridgehead atoms. The number of carbonyl (C=O) groups is 1. The van der Waals surface area contributed by atoms with E-state index in [1.54, 1.807) is 41.4 Å². The summed E-state index contributed by atoms with van der Waals surface area (Å²) >= 11 is 0. The van der Waals surface area contributed by atoms with Gasteiger partial charge in [0.1, 0.15) is 17.6 Å². The molecule has 8 nitrogen and oxygen atoms in total. The van der Waals surface area contributed by atoms with Crippen LogP contribution in [0.25, 0.3) is 5.69 Å². The topological polar surface area (TPSA) is 94.9 Å². The van der Waals surface area contributed by atoms with Crippen LogP contribution < -0.4 is 15.0 Å². The van der Waals surface area contributed by atoms with Gasteiger partial charge in [-0.15, -0.1) is 0 Å². The largest absolute Gasteiger partial charge is 0.490 e. The molecule has 0 unspecified atom stereocenters. The molecular weight excluding hydrogens is 456 g/mol. The van der Waals surface area contributed by atoms with E-state index in [1.165, 1.54) is 22.8 Å². The van der Waals surface area contributed by atoms with Crippen molar-refractivity contribution >= 4 is 15.9 Å². The van der Waals surface area contributed by atoms with Crippen LogP contribution in [0.3, 0.4) is 0 Å². The summed E-state index contributed by atoms with van der Waals surface area (Å²) in [6.07, 6.45) is 3.48. The number of hydrogen-bond acceptors (Lipinski definition) is 6. The predicted molar refractivity (Wildman–Crippen MR) is 128 cm³/mol. The van der Waals surface area contributed by atoms with E-state index in [-0.39, 0.29) is 22.7 Å². The highest BCUT2D eigenvalue weighted by atomic mass is 32.2. The van der Waals surface area contributed by atoms with Crippen LogP contribution >= 0.6 is 0 Å². The van der Waals surface area contributed by atoms with Crippen molar-refractivity contribution in [3.63, 3.8) is 0 Å². The van der Waals surface area contributed by atoms with Gasteiger partial charge in [0.25, 0.3) is 5.56 Å². The fourth-order valence-corrected chi connectivity index (χ4v) is 4.35. The number of hydrogen-bond donors (Lipinski definition) is 0. The zero-order valence-electron chi connectivity index (χ0n) is 19.0. The van der Waals surface area contributed by atoms with Gasteiger partial charge < -0.3 is 14.4 Å². The number of carbonyl (C=O) groups excluding carboxylic acids is 1. The molecule has 1 saturated heterocycles. The third-order valence-electron chi connectivity index (χ3n) is 5.66. The van der Waals surface area contributed by atoms with Crippen LogP contribution in [0.5, 0.6) is 11.5 Å². The quantitative estimate of drug-likeness (QED) is 0.552. The molecule has 1 amide bonds. The van der Waals surface area contributed by atoms with Gasteiger partial charge >= 0.3 is 6.09 Å². The Hall–Kier alpha value is -3.59. The minimum absolute atomic E-state index is 0.118. The van der Waals surface area contributed by atoms with E-state index in [9.17, 15) is 18.0 Å². The van der Waals surface area contributed by atoms with E-state index < -0.39 is 9.84 Å². The van der Waals surface area contributed by atoms with Gasteiger partial charge in [0.05, 0.1) is 4.90 Å². The minimum atomic E-state index is -3.30. The second-order valence-electron chi connectivity index (χ2n) is 8.32. The average molecular weight is 483 g/mol. The van der Waals surface area contributed by atoms with Gasteiger partial charge in [-0.3, -0.25) is 9.36 Å². The van der Waals surface area contributed by atoms with Crippen LogP contribution in [0.2, 0.25) is 0 Å². The number of aromatic nitrogens is 1. The Kier molecular flexibility index (Phi) is 6.74. The maximum absolute atomic E-state index is 12.6. The van der Waals surface area contributed by atoms with E-state index in [4.69, 9.17) is 9.47 Å². The Bertz CT molecular complexity index is 1320. The summed E-state index contributed by atoms with van der Waals surface area (Å²) in [4.78, 5) is 26.8. The number of benzene rings is 2. The molecule has 0 radical (unpaired) electrons. The molecule has 0 aliphatic carbocycles. The van der Waals surface area contributed by atoms with Crippen molar-refractivity contribution in [2.24, 2.45) is 0 Å². The molecule has 0 saturated carbocycles. The molecule has 178 valence electrons. The second kappa shape index (κ2) is 9.72. The number of rotatable bonds is 5. The third kappa shape index (κ3) is 5.66. The van der Waals surface area contributed by atoms with Crippen molar-refractivity contribution < 1.29 is 22.7 Å². The van der Waals surface area contributed by atoms with Crippen LogP contribution in [0.4, 0.5) is 4.79 Å². The lowest BCUT2D eigenvalue weighted by atomic mass is 10.1. The summed E-state index contributed by atoms with van der Waals surface area (Å²) in [5.41, 5.74) is 1.36. The van der Waals surface area contributed by atoms with Crippen molar-refractivity contribution in [3.05, 3.63) is 82.8 Å². The first-order chi connectivity index (χ1) is 16.2. The fourth-order valence-electron chi connectivity index (χ4n) is 3.72. The van der Waals surface area contributed by atoms with Crippen LogP contribution in [0.15, 0.2) is 76.6 Å². The first-order valence-corrected chi connectivity index (χ1v) is 12.8. The molecular formula is C25H26N2O6S. The Balaban J connectivity index is 1.33. The van der Waals surface area contributed by atoms with Crippen molar-refractivity contribution in [1.29, 1.82) is 0 Å². The van der Waals surface area contributed by atoms with Gasteiger partial charge in [-0.1, -0.05) is 17.7 Å². The van der Waals surface area contributed by atoms with Gasteiger partial charge in [0.2, 0.25) is 0 Å². The molecule has 4 rings (SSSR count). The number of nitrogens with zero attached hydrogens (tertiary/aromatic N) is 2. The standard InChI is InChI=1S/C25H26N2O6S/c1-18-3-7-20(8-4-18)33-25(29)26-14-11-21(12-15-26)32-22-13-16-27(24(28)17-22)19-5-9-23(10-6-19)34(2,30)31/h3-10,13,16-17,21H,11-12,14-15H2,1-2H3. The summed E-state index contributed by atoms with van der Waals surface area (Å²) in [7, 11) is -3.30. The molecule has 2 heterocycles. The lowest BCUT2D eigenvalue weighted by Gasteiger charge is -2.31. The molecule has 1 aromatic heterocycles. The molecule has 1 aliphatic heterocycles. The Morgan fingerprint density at radius 3 is 2.18 bits per heavy atom. The van der Waals surface area contributed by atoms with E-state index in [1.807, 2.05) is 19.1 Å². The number of piperidine rings is 1. The zero-order chi connectivity index (χ0) is 24.3. The number of likely N-dealkylation sites (tertiary alicyclic amines) is 1. The lowest BCUT2D eigenvalue weighted by Crippen LogP contribution is -2.43. The van der Waals surface area contributed by atoms with Crippen molar-refractivity contribution in [2.75, 3.05) is 19.3 Å². The normalized spacial score (nSPS) is 14.6. The number of amides is 1. The van der Waals surface area contributed by atoms with Gasteiger partial charge in [-0.25, -0.2) is 13.2 Å². The summed E-state index contributed by atoms with van der Waals surface area (Å²) < 4.78 is 36.1. The smallest absolute Gasteiger partial charge is 0.415 e. The minimum Gasteiger partial charge on any atom is -0.490 e. The predicted octanol–water partition coefficient (Wildman–Crippen LogP) is 3.59. The third-order valence-corrected chi connectivity index (χ3v) is 6.79. The van der Waals surface area contributed by atoms with Gasteiger partial charge in [-0.2, -0.15) is 0 Å². The summed E-state index contributed by atoms with van der Waals surface area (Å²) in [5.74, 6) is 0.968. The summed E-state index contributed by atoms with van der Waals surface area (Å²) in [6.45, 7) is 2.97.